The minimum atomic E-state index is -5.01. The van der Waals surface area contributed by atoms with E-state index < -0.39 is 57.7 Å². The molecule has 2 aromatic rings. The van der Waals surface area contributed by atoms with E-state index in [1.54, 1.807) is 0 Å². The van der Waals surface area contributed by atoms with Crippen molar-refractivity contribution in [3.63, 3.8) is 0 Å². The SMILES string of the molecule is C=CCOC(=O)C(C)(C)OC(=O)c1cc(-n2c(=O)cc(C(F)(F)F)n(C)c2=O)c(F)cc1Br. The van der Waals surface area contributed by atoms with Crippen LogP contribution in [0.2, 0.25) is 0 Å². The average molecular weight is 537 g/mol. The second kappa shape index (κ2) is 9.33. The summed E-state index contributed by atoms with van der Waals surface area (Å²) in [5.74, 6) is -3.27. The molecule has 0 saturated carbocycles. The third-order valence-electron chi connectivity index (χ3n) is 4.28. The Kier molecular flexibility index (Phi) is 7.36. The molecule has 8 nitrogen and oxygen atoms in total. The van der Waals surface area contributed by atoms with Crippen molar-refractivity contribution in [2.45, 2.75) is 25.6 Å². The second-order valence-corrected chi connectivity index (χ2v) is 7.97. The summed E-state index contributed by atoms with van der Waals surface area (Å²) < 4.78 is 63.8. The smallest absolute Gasteiger partial charge is 0.431 e. The lowest BCUT2D eigenvalue weighted by atomic mass is 10.1. The Labute approximate surface area is 192 Å². The lowest BCUT2D eigenvalue weighted by Gasteiger charge is -2.23. The quantitative estimate of drug-likeness (QED) is 0.319. The van der Waals surface area contributed by atoms with Gasteiger partial charge < -0.3 is 9.47 Å². The molecule has 178 valence electrons. The summed E-state index contributed by atoms with van der Waals surface area (Å²) in [6.45, 7) is 5.68. The summed E-state index contributed by atoms with van der Waals surface area (Å²) in [6, 6.07) is 1.58. The van der Waals surface area contributed by atoms with Crippen molar-refractivity contribution in [2.24, 2.45) is 7.05 Å². The molecular weight excluding hydrogens is 520 g/mol. The standard InChI is InChI=1S/C20H17BrF4N2O6/c1-5-6-32-17(30)19(2,3)33-16(29)10-7-13(12(22)8-11(10)21)27-15(28)9-14(20(23,24)25)26(4)18(27)31/h5,7-9H,1,6H2,2-4H3. The van der Waals surface area contributed by atoms with Gasteiger partial charge in [0.25, 0.3) is 5.56 Å². The molecule has 1 heterocycles. The van der Waals surface area contributed by atoms with E-state index in [1.807, 2.05) is 0 Å². The third kappa shape index (κ3) is 5.41. The Morgan fingerprint density at radius 3 is 2.33 bits per heavy atom. The van der Waals surface area contributed by atoms with E-state index in [0.717, 1.165) is 19.2 Å². The fourth-order valence-corrected chi connectivity index (χ4v) is 3.10. The molecule has 33 heavy (non-hydrogen) atoms. The average Bonchev–Trinajstić information content (AvgIpc) is 2.68. The van der Waals surface area contributed by atoms with Crippen LogP contribution in [-0.4, -0.2) is 33.3 Å². The fraction of sp³-hybridized carbons (Fsp3) is 0.300. The predicted octanol–water partition coefficient (Wildman–Crippen LogP) is 3.12. The largest absolute Gasteiger partial charge is 0.459 e. The van der Waals surface area contributed by atoms with Gasteiger partial charge >= 0.3 is 23.8 Å². The van der Waals surface area contributed by atoms with Gasteiger partial charge in [-0.3, -0.25) is 9.36 Å². The Hall–Kier alpha value is -3.22. The van der Waals surface area contributed by atoms with Gasteiger partial charge in [-0.05, 0) is 41.9 Å². The number of alkyl halides is 3. The van der Waals surface area contributed by atoms with Crippen LogP contribution in [0.4, 0.5) is 17.6 Å². The van der Waals surface area contributed by atoms with Gasteiger partial charge in [0, 0.05) is 17.6 Å². The van der Waals surface area contributed by atoms with Crippen LogP contribution in [-0.2, 0) is 27.5 Å². The number of rotatable bonds is 6. The van der Waals surface area contributed by atoms with Gasteiger partial charge in [0.2, 0.25) is 5.60 Å². The summed E-state index contributed by atoms with van der Waals surface area (Å²) in [5, 5.41) is 0. The van der Waals surface area contributed by atoms with E-state index in [1.165, 1.54) is 19.9 Å². The van der Waals surface area contributed by atoms with E-state index in [-0.39, 0.29) is 26.3 Å². The number of nitrogens with zero attached hydrogens (tertiary/aromatic N) is 2. The van der Waals surface area contributed by atoms with Crippen molar-refractivity contribution in [1.82, 2.24) is 9.13 Å². The van der Waals surface area contributed by atoms with Crippen molar-refractivity contribution in [3.05, 3.63) is 73.2 Å². The van der Waals surface area contributed by atoms with Gasteiger partial charge in [0.1, 0.15) is 18.1 Å². The Morgan fingerprint density at radius 2 is 1.79 bits per heavy atom. The first-order valence-electron chi connectivity index (χ1n) is 9.03. The van der Waals surface area contributed by atoms with Crippen LogP contribution < -0.4 is 11.2 Å². The number of esters is 2. The summed E-state index contributed by atoms with van der Waals surface area (Å²) in [5.41, 5.74) is -7.50. The molecule has 0 bridgehead atoms. The molecule has 0 N–H and O–H groups in total. The highest BCUT2D eigenvalue weighted by Gasteiger charge is 2.36. The molecule has 0 amide bonds. The molecule has 0 unspecified atom stereocenters. The molecule has 1 aromatic heterocycles. The highest BCUT2D eigenvalue weighted by atomic mass is 79.9. The highest BCUT2D eigenvalue weighted by Crippen LogP contribution is 2.28. The van der Waals surface area contributed by atoms with E-state index in [0.29, 0.717) is 0 Å². The van der Waals surface area contributed by atoms with E-state index in [4.69, 9.17) is 9.47 Å². The monoisotopic (exact) mass is 536 g/mol. The Morgan fingerprint density at radius 1 is 1.18 bits per heavy atom. The number of halogens is 5. The zero-order chi connectivity index (χ0) is 25.3. The number of benzene rings is 1. The molecule has 2 rings (SSSR count). The highest BCUT2D eigenvalue weighted by molar-refractivity contribution is 9.10. The van der Waals surface area contributed by atoms with Gasteiger partial charge in [-0.2, -0.15) is 13.2 Å². The molecule has 0 spiro atoms. The molecule has 0 aliphatic carbocycles. The molecule has 0 atom stereocenters. The van der Waals surface area contributed by atoms with Crippen molar-refractivity contribution in [2.75, 3.05) is 6.61 Å². The number of carbonyl (C=O) groups excluding carboxylic acids is 2. The molecule has 1 aromatic carbocycles. The van der Waals surface area contributed by atoms with E-state index in [9.17, 15) is 36.7 Å². The van der Waals surface area contributed by atoms with Crippen molar-refractivity contribution >= 4 is 27.9 Å². The molecule has 0 radical (unpaired) electrons. The molecule has 0 fully saturated rings. The van der Waals surface area contributed by atoms with Gasteiger partial charge in [0.05, 0.1) is 11.3 Å². The second-order valence-electron chi connectivity index (χ2n) is 7.11. The number of aromatic nitrogens is 2. The molecule has 0 saturated heterocycles. The van der Waals surface area contributed by atoms with Crippen molar-refractivity contribution in [1.29, 1.82) is 0 Å². The maximum atomic E-state index is 14.6. The predicted molar refractivity (Wildman–Crippen MR) is 111 cm³/mol. The van der Waals surface area contributed by atoms with Crippen molar-refractivity contribution in [3.8, 4) is 5.69 Å². The zero-order valence-electron chi connectivity index (χ0n) is 17.5. The third-order valence-corrected chi connectivity index (χ3v) is 4.94. The Balaban J connectivity index is 2.59. The van der Waals surface area contributed by atoms with Crippen LogP contribution in [0.15, 0.2) is 44.9 Å². The van der Waals surface area contributed by atoms with Crippen LogP contribution in [0.3, 0.4) is 0 Å². The first-order valence-corrected chi connectivity index (χ1v) is 9.82. The first-order chi connectivity index (χ1) is 15.1. The number of ether oxygens (including phenoxy) is 2. The van der Waals surface area contributed by atoms with Crippen LogP contribution in [0.25, 0.3) is 5.69 Å². The molecule has 0 aliphatic heterocycles. The molecular formula is C20H17BrF4N2O6. The normalized spacial score (nSPS) is 11.8. The van der Waals surface area contributed by atoms with Gasteiger partial charge in [-0.1, -0.05) is 12.7 Å². The minimum Gasteiger partial charge on any atom is -0.459 e. The van der Waals surface area contributed by atoms with Crippen molar-refractivity contribution < 1.29 is 36.6 Å². The van der Waals surface area contributed by atoms with Crippen LogP contribution in [0, 0.1) is 5.82 Å². The zero-order valence-corrected chi connectivity index (χ0v) is 19.0. The maximum Gasteiger partial charge on any atom is 0.431 e. The van der Waals surface area contributed by atoms with Crippen LogP contribution in [0.5, 0.6) is 0 Å². The topological polar surface area (TPSA) is 96.6 Å². The molecule has 0 aliphatic rings. The summed E-state index contributed by atoms with van der Waals surface area (Å²) in [7, 11) is 0.754. The van der Waals surface area contributed by atoms with Crippen LogP contribution >= 0.6 is 15.9 Å². The minimum absolute atomic E-state index is 0.125. The lowest BCUT2D eigenvalue weighted by Crippen LogP contribution is -2.41. The number of carbonyl (C=O) groups is 2. The van der Waals surface area contributed by atoms with Gasteiger partial charge in [0.15, 0.2) is 0 Å². The maximum absolute atomic E-state index is 14.6. The van der Waals surface area contributed by atoms with Gasteiger partial charge in [-0.15, -0.1) is 0 Å². The molecule has 13 heteroatoms. The fourth-order valence-electron chi connectivity index (χ4n) is 2.62. The van der Waals surface area contributed by atoms with Crippen LogP contribution in [0.1, 0.15) is 29.9 Å². The summed E-state index contributed by atoms with van der Waals surface area (Å²) in [4.78, 5) is 49.5. The van der Waals surface area contributed by atoms with E-state index in [2.05, 4.69) is 22.5 Å². The first kappa shape index (κ1) is 26.0. The summed E-state index contributed by atoms with van der Waals surface area (Å²) in [6.07, 6.45) is -3.72. The lowest BCUT2D eigenvalue weighted by molar-refractivity contribution is -0.161. The number of hydrogen-bond acceptors (Lipinski definition) is 6. The van der Waals surface area contributed by atoms with E-state index >= 15 is 0 Å². The summed E-state index contributed by atoms with van der Waals surface area (Å²) >= 11 is 2.94. The van der Waals surface area contributed by atoms with Gasteiger partial charge in [-0.25, -0.2) is 23.3 Å². The Bertz CT molecular complexity index is 1250. The number of hydrogen-bond donors (Lipinski definition) is 0.